The molecule has 1 aliphatic heterocycles. The SMILES string of the molecule is CCC1C(=O)NC(C2CC2)C(=O)N1CCS(=O)CC. The lowest BCUT2D eigenvalue weighted by Crippen LogP contribution is -2.64. The highest BCUT2D eigenvalue weighted by atomic mass is 32.2. The van der Waals surface area contributed by atoms with Crippen molar-refractivity contribution < 1.29 is 13.8 Å². The van der Waals surface area contributed by atoms with E-state index >= 15 is 0 Å². The summed E-state index contributed by atoms with van der Waals surface area (Å²) in [5.74, 6) is 1.33. The van der Waals surface area contributed by atoms with Crippen LogP contribution in [0.15, 0.2) is 0 Å². The molecule has 0 radical (unpaired) electrons. The number of nitrogens with zero attached hydrogens (tertiary/aromatic N) is 1. The van der Waals surface area contributed by atoms with Crippen molar-refractivity contribution in [3.63, 3.8) is 0 Å². The fourth-order valence-corrected chi connectivity index (χ4v) is 3.24. The maximum Gasteiger partial charge on any atom is 0.246 e. The summed E-state index contributed by atoms with van der Waals surface area (Å²) in [6, 6.07) is -0.735. The number of amides is 2. The molecule has 3 atom stereocenters. The summed E-state index contributed by atoms with van der Waals surface area (Å²) < 4.78 is 11.5. The Morgan fingerprint density at radius 1 is 1.32 bits per heavy atom. The number of hydrogen-bond acceptors (Lipinski definition) is 3. The first-order chi connectivity index (χ1) is 9.08. The van der Waals surface area contributed by atoms with E-state index < -0.39 is 16.8 Å². The van der Waals surface area contributed by atoms with E-state index in [0.717, 1.165) is 12.8 Å². The van der Waals surface area contributed by atoms with Crippen molar-refractivity contribution in [1.29, 1.82) is 0 Å². The molecule has 2 rings (SSSR count). The second-order valence-corrected chi connectivity index (χ2v) is 7.08. The van der Waals surface area contributed by atoms with Gasteiger partial charge in [0, 0.05) is 28.9 Å². The Labute approximate surface area is 116 Å². The Bertz CT molecular complexity index is 395. The van der Waals surface area contributed by atoms with Crippen LogP contribution in [0.1, 0.15) is 33.1 Å². The summed E-state index contributed by atoms with van der Waals surface area (Å²) in [5, 5.41) is 2.85. The Morgan fingerprint density at radius 3 is 2.53 bits per heavy atom. The third-order valence-electron chi connectivity index (χ3n) is 3.89. The molecular formula is C13H22N2O3S. The number of carbonyl (C=O) groups excluding carboxylic acids is 2. The van der Waals surface area contributed by atoms with Gasteiger partial charge in [-0.05, 0) is 25.2 Å². The van der Waals surface area contributed by atoms with Crippen LogP contribution in [-0.4, -0.2) is 51.1 Å². The zero-order valence-electron chi connectivity index (χ0n) is 11.6. The molecule has 2 fully saturated rings. The van der Waals surface area contributed by atoms with Gasteiger partial charge in [0.15, 0.2) is 0 Å². The Hall–Kier alpha value is -0.910. The quantitative estimate of drug-likeness (QED) is 0.762. The molecule has 19 heavy (non-hydrogen) atoms. The number of nitrogens with one attached hydrogen (secondary N) is 1. The largest absolute Gasteiger partial charge is 0.342 e. The summed E-state index contributed by atoms with van der Waals surface area (Å²) >= 11 is 0. The minimum absolute atomic E-state index is 0.0158. The smallest absolute Gasteiger partial charge is 0.246 e. The van der Waals surface area contributed by atoms with Gasteiger partial charge in [0.05, 0.1) is 0 Å². The van der Waals surface area contributed by atoms with Crippen LogP contribution in [0.2, 0.25) is 0 Å². The van der Waals surface area contributed by atoms with Crippen molar-refractivity contribution in [1.82, 2.24) is 10.2 Å². The van der Waals surface area contributed by atoms with Crippen LogP contribution in [0.5, 0.6) is 0 Å². The molecule has 0 aromatic carbocycles. The number of hydrogen-bond donors (Lipinski definition) is 1. The molecule has 2 aliphatic rings. The van der Waals surface area contributed by atoms with Gasteiger partial charge < -0.3 is 10.2 Å². The number of rotatable bonds is 6. The van der Waals surface area contributed by atoms with Gasteiger partial charge in [0.1, 0.15) is 12.1 Å². The maximum atomic E-state index is 12.4. The molecule has 108 valence electrons. The van der Waals surface area contributed by atoms with E-state index in [2.05, 4.69) is 5.32 Å². The fraction of sp³-hybridized carbons (Fsp3) is 0.846. The van der Waals surface area contributed by atoms with E-state index in [1.54, 1.807) is 4.90 Å². The van der Waals surface area contributed by atoms with Crippen molar-refractivity contribution in [3.05, 3.63) is 0 Å². The van der Waals surface area contributed by atoms with Gasteiger partial charge in [-0.25, -0.2) is 0 Å². The standard InChI is InChI=1S/C13H22N2O3S/c1-3-10-12(16)14-11(9-5-6-9)13(17)15(10)7-8-19(18)4-2/h9-11H,3-8H2,1-2H3,(H,14,16). The van der Waals surface area contributed by atoms with Gasteiger partial charge in [-0.15, -0.1) is 0 Å². The van der Waals surface area contributed by atoms with Gasteiger partial charge in [0.25, 0.3) is 0 Å². The first-order valence-corrected chi connectivity index (χ1v) is 8.53. The Kier molecular flexibility index (Phi) is 4.60. The topological polar surface area (TPSA) is 66.5 Å². The number of piperazine rings is 1. The van der Waals surface area contributed by atoms with E-state index in [4.69, 9.17) is 0 Å². The van der Waals surface area contributed by atoms with Crippen LogP contribution < -0.4 is 5.32 Å². The van der Waals surface area contributed by atoms with Crippen LogP contribution in [-0.2, 0) is 20.4 Å². The lowest BCUT2D eigenvalue weighted by atomic mass is 10.0. The molecule has 3 unspecified atom stereocenters. The molecule has 1 aliphatic carbocycles. The van der Waals surface area contributed by atoms with E-state index in [0.29, 0.717) is 30.4 Å². The molecule has 2 amide bonds. The van der Waals surface area contributed by atoms with Crippen LogP contribution in [0, 0.1) is 5.92 Å². The molecule has 0 aromatic rings. The maximum absolute atomic E-state index is 12.4. The van der Waals surface area contributed by atoms with Crippen LogP contribution in [0.4, 0.5) is 0 Å². The highest BCUT2D eigenvalue weighted by Gasteiger charge is 2.46. The third kappa shape index (κ3) is 3.16. The van der Waals surface area contributed by atoms with Crippen molar-refractivity contribution in [2.24, 2.45) is 5.92 Å². The van der Waals surface area contributed by atoms with E-state index in [1.165, 1.54) is 0 Å². The normalized spacial score (nSPS) is 29.3. The van der Waals surface area contributed by atoms with Gasteiger partial charge in [0.2, 0.25) is 11.8 Å². The summed E-state index contributed by atoms with van der Waals surface area (Å²) in [5.41, 5.74) is 0. The molecule has 1 N–H and O–H groups in total. The first kappa shape index (κ1) is 14.5. The molecule has 6 heteroatoms. The van der Waals surface area contributed by atoms with Crippen molar-refractivity contribution in [2.75, 3.05) is 18.1 Å². The summed E-state index contributed by atoms with van der Waals surface area (Å²) in [7, 11) is -0.904. The highest BCUT2D eigenvalue weighted by Crippen LogP contribution is 2.35. The molecule has 1 saturated heterocycles. The molecule has 0 bridgehead atoms. The minimum Gasteiger partial charge on any atom is -0.342 e. The van der Waals surface area contributed by atoms with Gasteiger partial charge in [-0.2, -0.15) is 0 Å². The van der Waals surface area contributed by atoms with Crippen LogP contribution in [0.25, 0.3) is 0 Å². The Balaban J connectivity index is 2.07. The lowest BCUT2D eigenvalue weighted by molar-refractivity contribution is -0.149. The van der Waals surface area contributed by atoms with Gasteiger partial charge in [-0.3, -0.25) is 13.8 Å². The van der Waals surface area contributed by atoms with Crippen molar-refractivity contribution in [2.45, 2.75) is 45.2 Å². The molecule has 1 heterocycles. The second-order valence-electron chi connectivity index (χ2n) is 5.21. The third-order valence-corrected chi connectivity index (χ3v) is 5.17. The van der Waals surface area contributed by atoms with Crippen molar-refractivity contribution in [3.8, 4) is 0 Å². The predicted octanol–water partition coefficient (Wildman–Crippen LogP) is 0.271. The zero-order chi connectivity index (χ0) is 14.0. The molecule has 5 nitrogen and oxygen atoms in total. The van der Waals surface area contributed by atoms with Crippen LogP contribution >= 0.6 is 0 Å². The summed E-state index contributed by atoms with van der Waals surface area (Å²) in [6.07, 6.45) is 2.64. The molecule has 0 aromatic heterocycles. The predicted molar refractivity (Wildman–Crippen MR) is 74.0 cm³/mol. The second kappa shape index (κ2) is 6.03. The fourth-order valence-electron chi connectivity index (χ4n) is 2.55. The minimum atomic E-state index is -0.904. The average molecular weight is 286 g/mol. The molecular weight excluding hydrogens is 264 g/mol. The Morgan fingerprint density at radius 2 is 2.00 bits per heavy atom. The van der Waals surface area contributed by atoms with Gasteiger partial charge >= 0.3 is 0 Å². The van der Waals surface area contributed by atoms with Crippen molar-refractivity contribution >= 4 is 22.6 Å². The van der Waals surface area contributed by atoms with E-state index in [1.807, 2.05) is 13.8 Å². The zero-order valence-corrected chi connectivity index (χ0v) is 12.4. The summed E-state index contributed by atoms with van der Waals surface area (Å²) in [6.45, 7) is 4.19. The summed E-state index contributed by atoms with van der Waals surface area (Å²) in [4.78, 5) is 26.1. The average Bonchev–Trinajstić information content (AvgIpc) is 3.22. The number of carbonyl (C=O) groups is 2. The van der Waals surface area contributed by atoms with E-state index in [-0.39, 0.29) is 17.9 Å². The van der Waals surface area contributed by atoms with Crippen LogP contribution in [0.3, 0.4) is 0 Å². The van der Waals surface area contributed by atoms with E-state index in [9.17, 15) is 13.8 Å². The highest BCUT2D eigenvalue weighted by molar-refractivity contribution is 7.84. The lowest BCUT2D eigenvalue weighted by Gasteiger charge is -2.38. The van der Waals surface area contributed by atoms with Gasteiger partial charge in [-0.1, -0.05) is 13.8 Å². The monoisotopic (exact) mass is 286 g/mol. The molecule has 1 saturated carbocycles. The first-order valence-electron chi connectivity index (χ1n) is 7.04. The molecule has 0 spiro atoms.